The number of hydrogen-bond donors (Lipinski definition) is 2. The molecule has 0 aliphatic rings. The Morgan fingerprint density at radius 2 is 1.79 bits per heavy atom. The molecule has 1 aromatic carbocycles. The first kappa shape index (κ1) is 15.7. The van der Waals surface area contributed by atoms with Crippen molar-refractivity contribution in [2.75, 3.05) is 6.54 Å². The molecule has 0 heterocycles. The second kappa shape index (κ2) is 7.95. The summed E-state index contributed by atoms with van der Waals surface area (Å²) in [6.07, 6.45) is 1.03. The minimum Gasteiger partial charge on any atom is -0.351 e. The quantitative estimate of drug-likeness (QED) is 0.793. The SMILES string of the molecule is CCC(C)NCC(=O)NCc1ccc(C(C)C)cc1. The topological polar surface area (TPSA) is 41.1 Å². The molecule has 0 saturated carbocycles. The van der Waals surface area contributed by atoms with Gasteiger partial charge in [0.2, 0.25) is 5.91 Å². The zero-order valence-electron chi connectivity index (χ0n) is 12.5. The van der Waals surface area contributed by atoms with Crippen LogP contribution in [0, 0.1) is 0 Å². The molecular formula is C16H26N2O. The van der Waals surface area contributed by atoms with Crippen LogP contribution in [0.15, 0.2) is 24.3 Å². The zero-order valence-corrected chi connectivity index (χ0v) is 12.5. The molecule has 0 aliphatic carbocycles. The third kappa shape index (κ3) is 5.88. The lowest BCUT2D eigenvalue weighted by Crippen LogP contribution is -2.37. The zero-order chi connectivity index (χ0) is 14.3. The fourth-order valence-corrected chi connectivity index (χ4v) is 1.69. The Labute approximate surface area is 116 Å². The van der Waals surface area contributed by atoms with Crippen molar-refractivity contribution in [1.82, 2.24) is 10.6 Å². The lowest BCUT2D eigenvalue weighted by molar-refractivity contribution is -0.120. The van der Waals surface area contributed by atoms with Crippen molar-refractivity contribution >= 4 is 5.91 Å². The minimum atomic E-state index is 0.0493. The molecule has 3 nitrogen and oxygen atoms in total. The van der Waals surface area contributed by atoms with Crippen molar-refractivity contribution in [2.24, 2.45) is 0 Å². The number of amides is 1. The van der Waals surface area contributed by atoms with Crippen molar-refractivity contribution in [1.29, 1.82) is 0 Å². The van der Waals surface area contributed by atoms with Crippen molar-refractivity contribution in [2.45, 2.75) is 52.6 Å². The van der Waals surface area contributed by atoms with E-state index in [-0.39, 0.29) is 5.91 Å². The standard InChI is InChI=1S/C16H26N2O/c1-5-13(4)17-11-16(19)18-10-14-6-8-15(9-7-14)12(2)3/h6-9,12-13,17H,5,10-11H2,1-4H3,(H,18,19). The Kier molecular flexibility index (Phi) is 6.57. The van der Waals surface area contributed by atoms with Crippen LogP contribution in [0.3, 0.4) is 0 Å². The normalized spacial score (nSPS) is 12.5. The van der Waals surface area contributed by atoms with E-state index in [1.807, 2.05) is 0 Å². The molecule has 0 aromatic heterocycles. The first-order valence-electron chi connectivity index (χ1n) is 7.11. The molecule has 1 aromatic rings. The molecule has 3 heteroatoms. The van der Waals surface area contributed by atoms with Crippen LogP contribution in [0.25, 0.3) is 0 Å². The van der Waals surface area contributed by atoms with Gasteiger partial charge >= 0.3 is 0 Å². The van der Waals surface area contributed by atoms with E-state index in [1.54, 1.807) is 0 Å². The maximum atomic E-state index is 11.6. The highest BCUT2D eigenvalue weighted by Gasteiger charge is 2.04. The number of carbonyl (C=O) groups is 1. The van der Waals surface area contributed by atoms with E-state index in [9.17, 15) is 4.79 Å². The summed E-state index contributed by atoms with van der Waals surface area (Å²) in [5.74, 6) is 0.594. The third-order valence-electron chi connectivity index (χ3n) is 3.36. The van der Waals surface area contributed by atoms with E-state index in [0.717, 1.165) is 12.0 Å². The minimum absolute atomic E-state index is 0.0493. The molecule has 0 spiro atoms. The number of hydrogen-bond acceptors (Lipinski definition) is 2. The predicted octanol–water partition coefficient (Wildman–Crippen LogP) is 2.81. The summed E-state index contributed by atoms with van der Waals surface area (Å²) in [4.78, 5) is 11.6. The fraction of sp³-hybridized carbons (Fsp3) is 0.562. The van der Waals surface area contributed by atoms with Crippen LogP contribution < -0.4 is 10.6 Å². The summed E-state index contributed by atoms with van der Waals surface area (Å²) in [7, 11) is 0. The highest BCUT2D eigenvalue weighted by Crippen LogP contribution is 2.14. The lowest BCUT2D eigenvalue weighted by Gasteiger charge is -2.11. The van der Waals surface area contributed by atoms with Crippen molar-refractivity contribution in [3.05, 3.63) is 35.4 Å². The molecule has 0 aliphatic heterocycles. The van der Waals surface area contributed by atoms with Crippen molar-refractivity contribution in [3.8, 4) is 0 Å². The summed E-state index contributed by atoms with van der Waals surface area (Å²) in [5.41, 5.74) is 2.47. The van der Waals surface area contributed by atoms with E-state index in [1.165, 1.54) is 5.56 Å². The second-order valence-corrected chi connectivity index (χ2v) is 5.36. The Hall–Kier alpha value is -1.35. The van der Waals surface area contributed by atoms with Crippen LogP contribution in [0.4, 0.5) is 0 Å². The lowest BCUT2D eigenvalue weighted by atomic mass is 10.0. The van der Waals surface area contributed by atoms with Gasteiger partial charge in [-0.25, -0.2) is 0 Å². The number of rotatable bonds is 7. The van der Waals surface area contributed by atoms with Gasteiger partial charge in [-0.05, 0) is 30.4 Å². The Balaban J connectivity index is 2.33. The summed E-state index contributed by atoms with van der Waals surface area (Å²) < 4.78 is 0. The molecule has 1 atom stereocenters. The Morgan fingerprint density at radius 3 is 2.32 bits per heavy atom. The van der Waals surface area contributed by atoms with Gasteiger partial charge in [0.15, 0.2) is 0 Å². The van der Waals surface area contributed by atoms with Gasteiger partial charge in [-0.2, -0.15) is 0 Å². The molecule has 19 heavy (non-hydrogen) atoms. The Bertz CT molecular complexity index is 384. The summed E-state index contributed by atoms with van der Waals surface area (Å²) in [5, 5.41) is 6.11. The molecular weight excluding hydrogens is 236 g/mol. The molecule has 1 amide bonds. The van der Waals surface area contributed by atoms with Crippen LogP contribution >= 0.6 is 0 Å². The summed E-state index contributed by atoms with van der Waals surface area (Å²) >= 11 is 0. The molecule has 0 saturated heterocycles. The molecule has 0 radical (unpaired) electrons. The van der Waals surface area contributed by atoms with Crippen LogP contribution in [-0.4, -0.2) is 18.5 Å². The molecule has 0 fully saturated rings. The predicted molar refractivity (Wildman–Crippen MR) is 80.1 cm³/mol. The average Bonchev–Trinajstić information content (AvgIpc) is 2.42. The van der Waals surface area contributed by atoms with Gasteiger partial charge in [0, 0.05) is 12.6 Å². The molecule has 2 N–H and O–H groups in total. The van der Waals surface area contributed by atoms with Gasteiger partial charge in [0.1, 0.15) is 0 Å². The van der Waals surface area contributed by atoms with Crippen LogP contribution in [0.2, 0.25) is 0 Å². The van der Waals surface area contributed by atoms with E-state index in [2.05, 4.69) is 62.6 Å². The number of benzene rings is 1. The van der Waals surface area contributed by atoms with Gasteiger partial charge < -0.3 is 10.6 Å². The van der Waals surface area contributed by atoms with Gasteiger partial charge in [-0.1, -0.05) is 45.0 Å². The smallest absolute Gasteiger partial charge is 0.234 e. The number of nitrogens with one attached hydrogen (secondary N) is 2. The van der Waals surface area contributed by atoms with Crippen LogP contribution in [0.5, 0.6) is 0 Å². The summed E-state index contributed by atoms with van der Waals surface area (Å²) in [6, 6.07) is 8.80. The van der Waals surface area contributed by atoms with E-state index >= 15 is 0 Å². The highest BCUT2D eigenvalue weighted by atomic mass is 16.1. The van der Waals surface area contributed by atoms with E-state index in [4.69, 9.17) is 0 Å². The molecule has 1 unspecified atom stereocenters. The highest BCUT2D eigenvalue weighted by molar-refractivity contribution is 5.78. The van der Waals surface area contributed by atoms with E-state index in [0.29, 0.717) is 25.0 Å². The first-order chi connectivity index (χ1) is 9.02. The third-order valence-corrected chi connectivity index (χ3v) is 3.36. The molecule has 106 valence electrons. The second-order valence-electron chi connectivity index (χ2n) is 5.36. The van der Waals surface area contributed by atoms with Gasteiger partial charge in [-0.15, -0.1) is 0 Å². The maximum absolute atomic E-state index is 11.6. The van der Waals surface area contributed by atoms with Crippen molar-refractivity contribution < 1.29 is 4.79 Å². The number of carbonyl (C=O) groups excluding carboxylic acids is 1. The van der Waals surface area contributed by atoms with Gasteiger partial charge in [-0.3, -0.25) is 4.79 Å². The van der Waals surface area contributed by atoms with Gasteiger partial charge in [0.05, 0.1) is 6.54 Å². The van der Waals surface area contributed by atoms with Crippen molar-refractivity contribution in [3.63, 3.8) is 0 Å². The average molecular weight is 262 g/mol. The van der Waals surface area contributed by atoms with Crippen LogP contribution in [0.1, 0.15) is 51.2 Å². The summed E-state index contributed by atoms with van der Waals surface area (Å²) in [6.45, 7) is 9.52. The Morgan fingerprint density at radius 1 is 1.16 bits per heavy atom. The first-order valence-corrected chi connectivity index (χ1v) is 7.11. The van der Waals surface area contributed by atoms with Crippen LogP contribution in [-0.2, 0) is 11.3 Å². The van der Waals surface area contributed by atoms with Gasteiger partial charge in [0.25, 0.3) is 0 Å². The monoisotopic (exact) mass is 262 g/mol. The largest absolute Gasteiger partial charge is 0.351 e. The molecule has 1 rings (SSSR count). The van der Waals surface area contributed by atoms with E-state index < -0.39 is 0 Å². The maximum Gasteiger partial charge on any atom is 0.234 e. The fourth-order valence-electron chi connectivity index (χ4n) is 1.69. The molecule has 0 bridgehead atoms.